The van der Waals surface area contributed by atoms with Gasteiger partial charge in [-0.05, 0) is 27.7 Å². The molecule has 0 aromatic rings. The fraction of sp³-hybridized carbons (Fsp3) is 0.900. The summed E-state index contributed by atoms with van der Waals surface area (Å²) in [6.45, 7) is 9.69. The van der Waals surface area contributed by atoms with Crippen LogP contribution in [0.4, 0.5) is 0 Å². The molecule has 0 aliphatic carbocycles. The Bertz CT molecular complexity index is 206. The van der Waals surface area contributed by atoms with Gasteiger partial charge in [0.25, 0.3) is 0 Å². The topological polar surface area (TPSA) is 38.3 Å². The van der Waals surface area contributed by atoms with Crippen LogP contribution in [0.25, 0.3) is 0 Å². The number of hydrogen-bond acceptors (Lipinski definition) is 4. The lowest BCUT2D eigenvalue weighted by molar-refractivity contribution is -0.109. The van der Waals surface area contributed by atoms with E-state index in [1.807, 2.05) is 27.7 Å². The van der Waals surface area contributed by atoms with Crippen molar-refractivity contribution in [3.05, 3.63) is 0 Å². The Balaban J connectivity index is 4.10. The molecule has 0 spiro atoms. The van der Waals surface area contributed by atoms with E-state index in [0.717, 1.165) is 5.75 Å². The molecule has 0 heterocycles. The predicted octanol–water partition coefficient (Wildman–Crippen LogP) is 2.22. The lowest BCUT2D eigenvalue weighted by Gasteiger charge is -2.30. The van der Waals surface area contributed by atoms with Crippen molar-refractivity contribution in [3.8, 4) is 0 Å². The number of ether oxygens (including phenoxy) is 1. The van der Waals surface area contributed by atoms with E-state index in [0.29, 0.717) is 0 Å². The van der Waals surface area contributed by atoms with Gasteiger partial charge in [0.05, 0.1) is 11.7 Å². The Morgan fingerprint density at radius 3 is 2.40 bits per heavy atom. The van der Waals surface area contributed by atoms with Gasteiger partial charge in [-0.1, -0.05) is 21.2 Å². The third kappa shape index (κ3) is 8.21. The highest BCUT2D eigenvalue weighted by atomic mass is 32.2. The maximum Gasteiger partial charge on any atom is 0.185 e. The highest BCUT2D eigenvalue weighted by molar-refractivity contribution is 8.13. The second-order valence-electron chi connectivity index (χ2n) is 4.51. The standard InChI is InChI=1S/C10H22NO2PS/c1-7(13-10(3,4)5)9(11-14)6-15-8(2)12/h7,9,11H,6,14H2,1-5H3/t7-,9-/m1/s1. The van der Waals surface area contributed by atoms with Crippen LogP contribution >= 0.6 is 21.2 Å². The summed E-state index contributed by atoms with van der Waals surface area (Å²) in [5.74, 6) is 0.732. The van der Waals surface area contributed by atoms with Gasteiger partial charge in [0.15, 0.2) is 5.12 Å². The van der Waals surface area contributed by atoms with Crippen LogP contribution in [0.1, 0.15) is 34.6 Å². The molecule has 5 heteroatoms. The Morgan fingerprint density at radius 2 is 2.07 bits per heavy atom. The molecular formula is C10H22NO2PS. The molecule has 0 fully saturated rings. The molecule has 0 aromatic carbocycles. The second kappa shape index (κ2) is 6.85. The molecule has 15 heavy (non-hydrogen) atoms. The first kappa shape index (κ1) is 15.4. The molecule has 1 N–H and O–H groups in total. The molecule has 0 saturated carbocycles. The van der Waals surface area contributed by atoms with Crippen LogP contribution in [0, 0.1) is 0 Å². The van der Waals surface area contributed by atoms with E-state index in [-0.39, 0.29) is 22.9 Å². The Labute approximate surface area is 99.4 Å². The highest BCUT2D eigenvalue weighted by Gasteiger charge is 2.22. The minimum Gasteiger partial charge on any atom is -0.371 e. The molecule has 0 radical (unpaired) electrons. The summed E-state index contributed by atoms with van der Waals surface area (Å²) in [6, 6.07) is 0.170. The normalized spacial score (nSPS) is 16.1. The average Bonchev–Trinajstić information content (AvgIpc) is 2.01. The van der Waals surface area contributed by atoms with Gasteiger partial charge >= 0.3 is 0 Å². The summed E-state index contributed by atoms with van der Waals surface area (Å²) < 4.78 is 5.82. The minimum atomic E-state index is -0.153. The van der Waals surface area contributed by atoms with Crippen molar-refractivity contribution >= 4 is 26.3 Å². The van der Waals surface area contributed by atoms with Crippen LogP contribution in [-0.4, -0.2) is 28.6 Å². The summed E-state index contributed by atoms with van der Waals surface area (Å²) in [4.78, 5) is 10.9. The molecule has 0 saturated heterocycles. The highest BCUT2D eigenvalue weighted by Crippen LogP contribution is 2.16. The van der Waals surface area contributed by atoms with Gasteiger partial charge in [-0.3, -0.25) is 9.88 Å². The first-order valence-corrected chi connectivity index (χ1v) is 6.60. The molecule has 0 rings (SSSR count). The molecule has 3 nitrogen and oxygen atoms in total. The smallest absolute Gasteiger partial charge is 0.185 e. The first-order chi connectivity index (χ1) is 6.76. The molecule has 0 amide bonds. The summed E-state index contributed by atoms with van der Waals surface area (Å²) in [7, 11) is 2.48. The van der Waals surface area contributed by atoms with E-state index in [9.17, 15) is 4.79 Å². The van der Waals surface area contributed by atoms with Gasteiger partial charge < -0.3 is 4.74 Å². The molecule has 1 unspecified atom stereocenters. The fourth-order valence-electron chi connectivity index (χ4n) is 1.17. The van der Waals surface area contributed by atoms with E-state index in [4.69, 9.17) is 4.74 Å². The lowest BCUT2D eigenvalue weighted by atomic mass is 10.1. The zero-order valence-corrected chi connectivity index (χ0v) is 12.1. The van der Waals surface area contributed by atoms with Crippen LogP contribution < -0.4 is 5.09 Å². The molecule has 0 bridgehead atoms. The van der Waals surface area contributed by atoms with Gasteiger partial charge in [-0.2, -0.15) is 0 Å². The Hall–Kier alpha value is 0.370. The van der Waals surface area contributed by atoms with Crippen LogP contribution in [0.3, 0.4) is 0 Å². The Morgan fingerprint density at radius 1 is 1.53 bits per heavy atom. The monoisotopic (exact) mass is 251 g/mol. The number of nitrogens with one attached hydrogen (secondary N) is 1. The molecule has 90 valence electrons. The van der Waals surface area contributed by atoms with E-state index in [2.05, 4.69) is 14.5 Å². The fourth-order valence-corrected chi connectivity index (χ4v) is 2.51. The zero-order chi connectivity index (χ0) is 12.1. The van der Waals surface area contributed by atoms with Gasteiger partial charge in [-0.15, -0.1) is 0 Å². The van der Waals surface area contributed by atoms with Crippen molar-refractivity contribution in [2.75, 3.05) is 5.75 Å². The van der Waals surface area contributed by atoms with Crippen molar-refractivity contribution in [1.82, 2.24) is 5.09 Å². The van der Waals surface area contributed by atoms with Crippen LogP contribution in [-0.2, 0) is 9.53 Å². The van der Waals surface area contributed by atoms with Crippen molar-refractivity contribution in [2.24, 2.45) is 0 Å². The Kier molecular flexibility index (Phi) is 7.02. The second-order valence-corrected chi connectivity index (χ2v) is 6.04. The van der Waals surface area contributed by atoms with Gasteiger partial charge in [0, 0.05) is 18.7 Å². The predicted molar refractivity (Wildman–Crippen MR) is 70.1 cm³/mol. The molecular weight excluding hydrogens is 229 g/mol. The summed E-state index contributed by atoms with van der Waals surface area (Å²) in [6.07, 6.45) is 0.0781. The van der Waals surface area contributed by atoms with Crippen LogP contribution in [0.5, 0.6) is 0 Å². The lowest BCUT2D eigenvalue weighted by Crippen LogP contribution is -2.41. The van der Waals surface area contributed by atoms with E-state index in [1.165, 1.54) is 11.8 Å². The number of rotatable bonds is 5. The van der Waals surface area contributed by atoms with E-state index in [1.54, 1.807) is 6.92 Å². The van der Waals surface area contributed by atoms with E-state index >= 15 is 0 Å². The maximum atomic E-state index is 10.9. The third-order valence-electron chi connectivity index (χ3n) is 1.79. The molecule has 0 aliphatic rings. The summed E-state index contributed by atoms with van der Waals surface area (Å²) >= 11 is 1.32. The minimum absolute atomic E-state index is 0.0781. The largest absolute Gasteiger partial charge is 0.371 e. The molecule has 0 aromatic heterocycles. The zero-order valence-electron chi connectivity index (χ0n) is 10.2. The SMILES string of the molecule is CC(=O)SC[C@@H](NP)[C@@H](C)OC(C)(C)C. The summed E-state index contributed by atoms with van der Waals surface area (Å²) in [5.41, 5.74) is -0.153. The average molecular weight is 251 g/mol. The van der Waals surface area contributed by atoms with Gasteiger partial charge in [-0.25, -0.2) is 0 Å². The first-order valence-electron chi connectivity index (χ1n) is 5.03. The van der Waals surface area contributed by atoms with Crippen molar-refractivity contribution in [3.63, 3.8) is 0 Å². The van der Waals surface area contributed by atoms with Crippen LogP contribution in [0.2, 0.25) is 0 Å². The van der Waals surface area contributed by atoms with Gasteiger partial charge in [0.1, 0.15) is 0 Å². The number of hydrogen-bond donors (Lipinski definition) is 1. The summed E-state index contributed by atoms with van der Waals surface area (Å²) in [5, 5.41) is 3.24. The van der Waals surface area contributed by atoms with Crippen molar-refractivity contribution in [1.29, 1.82) is 0 Å². The maximum absolute atomic E-state index is 10.9. The third-order valence-corrected chi connectivity index (χ3v) is 3.15. The number of carbonyl (C=O) groups excluding carboxylic acids is 1. The van der Waals surface area contributed by atoms with Crippen molar-refractivity contribution in [2.45, 2.75) is 52.4 Å². The van der Waals surface area contributed by atoms with Crippen molar-refractivity contribution < 1.29 is 9.53 Å². The molecule has 3 atom stereocenters. The number of thioether (sulfide) groups is 1. The van der Waals surface area contributed by atoms with Crippen LogP contribution in [0.15, 0.2) is 0 Å². The number of carbonyl (C=O) groups is 1. The quantitative estimate of drug-likeness (QED) is 0.760. The van der Waals surface area contributed by atoms with Gasteiger partial charge in [0.2, 0.25) is 0 Å². The van der Waals surface area contributed by atoms with E-state index < -0.39 is 0 Å². The molecule has 0 aliphatic heterocycles.